The molecule has 0 unspecified atom stereocenters. The van der Waals surface area contributed by atoms with Gasteiger partial charge in [-0.3, -0.25) is 4.79 Å². The number of carbonyl (C=O) groups excluding carboxylic acids is 1. The molecule has 4 atom stereocenters. The summed E-state index contributed by atoms with van der Waals surface area (Å²) in [5.41, 5.74) is -2.53. The summed E-state index contributed by atoms with van der Waals surface area (Å²) < 4.78 is 80.4. The molecule has 1 N–H and O–H groups in total. The summed E-state index contributed by atoms with van der Waals surface area (Å²) in [7, 11) is 4.53. The number of ether oxygens (including phenoxy) is 2. The van der Waals surface area contributed by atoms with Crippen molar-refractivity contribution in [1.82, 2.24) is 4.98 Å². The topological polar surface area (TPSA) is 63.7 Å². The number of benzene rings is 1. The van der Waals surface area contributed by atoms with Crippen LogP contribution in [0.2, 0.25) is 0 Å². The molecule has 180 valence electrons. The van der Waals surface area contributed by atoms with Crippen LogP contribution in [0.5, 0.6) is 5.75 Å². The molecule has 1 amide bonds. The number of rotatable bonds is 5. The standard InChI is InChI=1S/C22H24F5N3O3/c1-11-16(13-6-7-14(23)17(24)18(13)32-5)19(33-21(11,2)22(25,26)27)20(31)29-12-8-9-28-15(10-12)30(3)4/h6-11,16,19H,1-5H3,(H,28,29,31)/t11-,16-,19+,21+/m0/s1. The van der Waals surface area contributed by atoms with Crippen molar-refractivity contribution in [2.75, 3.05) is 31.4 Å². The number of anilines is 2. The molecular weight excluding hydrogens is 449 g/mol. The second-order valence-electron chi connectivity index (χ2n) is 8.23. The van der Waals surface area contributed by atoms with Gasteiger partial charge in [-0.25, -0.2) is 9.37 Å². The van der Waals surface area contributed by atoms with Crippen molar-refractivity contribution in [2.24, 2.45) is 5.92 Å². The first-order chi connectivity index (χ1) is 15.3. The number of methoxy groups -OCH3 is 1. The largest absolute Gasteiger partial charge is 0.493 e. The Kier molecular flexibility index (Phi) is 6.56. The van der Waals surface area contributed by atoms with E-state index in [0.717, 1.165) is 26.2 Å². The average molecular weight is 473 g/mol. The average Bonchev–Trinajstić information content (AvgIpc) is 3.02. The molecule has 1 saturated heterocycles. The van der Waals surface area contributed by atoms with Crippen molar-refractivity contribution in [3.05, 3.63) is 47.7 Å². The van der Waals surface area contributed by atoms with Crippen LogP contribution in [-0.2, 0) is 9.53 Å². The third kappa shape index (κ3) is 4.33. The second-order valence-corrected chi connectivity index (χ2v) is 8.23. The first-order valence-electron chi connectivity index (χ1n) is 10.0. The van der Waals surface area contributed by atoms with Gasteiger partial charge in [0.15, 0.2) is 17.2 Å². The fourth-order valence-corrected chi connectivity index (χ4v) is 3.99. The van der Waals surface area contributed by atoms with Gasteiger partial charge in [-0.2, -0.15) is 17.6 Å². The first-order valence-corrected chi connectivity index (χ1v) is 10.0. The zero-order chi connectivity index (χ0) is 24.7. The fourth-order valence-electron chi connectivity index (χ4n) is 3.99. The summed E-state index contributed by atoms with van der Waals surface area (Å²) in [6, 6.07) is 4.90. The number of nitrogens with zero attached hydrogens (tertiary/aromatic N) is 2. The van der Waals surface area contributed by atoms with Gasteiger partial charge in [-0.05, 0) is 19.1 Å². The highest BCUT2D eigenvalue weighted by Gasteiger charge is 2.65. The van der Waals surface area contributed by atoms with E-state index in [0.29, 0.717) is 5.82 Å². The number of pyridine rings is 1. The Bertz CT molecular complexity index is 1050. The Morgan fingerprint density at radius 1 is 1.24 bits per heavy atom. The van der Waals surface area contributed by atoms with Crippen LogP contribution < -0.4 is 15.0 Å². The van der Waals surface area contributed by atoms with Gasteiger partial charge in [0, 0.05) is 49.4 Å². The van der Waals surface area contributed by atoms with Crippen molar-refractivity contribution < 1.29 is 36.2 Å². The maximum atomic E-state index is 14.4. The molecule has 11 heteroatoms. The summed E-state index contributed by atoms with van der Waals surface area (Å²) in [4.78, 5) is 18.9. The number of carbonyl (C=O) groups is 1. The number of amides is 1. The lowest BCUT2D eigenvalue weighted by Crippen LogP contribution is -2.47. The third-order valence-electron chi connectivity index (χ3n) is 6.04. The molecule has 0 saturated carbocycles. The van der Waals surface area contributed by atoms with E-state index in [1.165, 1.54) is 25.3 Å². The van der Waals surface area contributed by atoms with Crippen LogP contribution in [0.4, 0.5) is 33.5 Å². The molecule has 0 aliphatic carbocycles. The molecule has 0 bridgehead atoms. The lowest BCUT2D eigenvalue weighted by atomic mass is 9.77. The monoisotopic (exact) mass is 473 g/mol. The molecule has 2 aromatic rings. The minimum Gasteiger partial charge on any atom is -0.493 e. The van der Waals surface area contributed by atoms with Crippen LogP contribution in [0.1, 0.15) is 25.3 Å². The quantitative estimate of drug-likeness (QED) is 0.648. The summed E-state index contributed by atoms with van der Waals surface area (Å²) in [6.45, 7) is 2.09. The van der Waals surface area contributed by atoms with Crippen molar-refractivity contribution in [1.29, 1.82) is 0 Å². The maximum absolute atomic E-state index is 14.4. The van der Waals surface area contributed by atoms with Gasteiger partial charge in [-0.1, -0.05) is 13.0 Å². The van der Waals surface area contributed by atoms with Crippen molar-refractivity contribution in [3.63, 3.8) is 0 Å². The molecule has 1 aromatic carbocycles. The van der Waals surface area contributed by atoms with E-state index in [1.54, 1.807) is 19.0 Å². The van der Waals surface area contributed by atoms with Gasteiger partial charge in [-0.15, -0.1) is 0 Å². The Hall–Kier alpha value is -2.95. The lowest BCUT2D eigenvalue weighted by Gasteiger charge is -2.32. The summed E-state index contributed by atoms with van der Waals surface area (Å²) in [6.07, 6.45) is -5.07. The van der Waals surface area contributed by atoms with Gasteiger partial charge < -0.3 is 19.7 Å². The van der Waals surface area contributed by atoms with Crippen LogP contribution in [-0.4, -0.2) is 50.0 Å². The number of hydrogen-bond donors (Lipinski definition) is 1. The number of aromatic nitrogens is 1. The summed E-state index contributed by atoms with van der Waals surface area (Å²) in [5.74, 6) is -6.13. The number of nitrogens with one attached hydrogen (secondary N) is 1. The van der Waals surface area contributed by atoms with Crippen LogP contribution in [0, 0.1) is 17.6 Å². The van der Waals surface area contributed by atoms with Crippen LogP contribution in [0.3, 0.4) is 0 Å². The normalized spacial score (nSPS) is 25.1. The lowest BCUT2D eigenvalue weighted by molar-refractivity contribution is -0.272. The van der Waals surface area contributed by atoms with Crippen molar-refractivity contribution in [2.45, 2.75) is 37.6 Å². The minimum atomic E-state index is -4.83. The molecule has 1 aliphatic heterocycles. The van der Waals surface area contributed by atoms with Gasteiger partial charge in [0.1, 0.15) is 11.9 Å². The molecule has 1 aromatic heterocycles. The van der Waals surface area contributed by atoms with Crippen molar-refractivity contribution >= 4 is 17.4 Å². The molecule has 0 radical (unpaired) electrons. The van der Waals surface area contributed by atoms with E-state index in [9.17, 15) is 26.7 Å². The predicted octanol–water partition coefficient (Wildman–Crippen LogP) is 4.51. The van der Waals surface area contributed by atoms with Crippen molar-refractivity contribution in [3.8, 4) is 5.75 Å². The van der Waals surface area contributed by atoms with E-state index >= 15 is 0 Å². The SMILES string of the molecule is COc1c([C@H]2[C@H](C(=O)Nc3ccnc(N(C)C)c3)O[C@@](C)(C(F)(F)F)[C@H]2C)ccc(F)c1F. The summed E-state index contributed by atoms with van der Waals surface area (Å²) in [5, 5.41) is 2.55. The Balaban J connectivity index is 2.07. The minimum absolute atomic E-state index is 0.0965. The molecule has 6 nitrogen and oxygen atoms in total. The highest BCUT2D eigenvalue weighted by Crippen LogP contribution is 2.55. The van der Waals surface area contributed by atoms with E-state index in [-0.39, 0.29) is 11.3 Å². The Morgan fingerprint density at radius 3 is 2.48 bits per heavy atom. The molecule has 33 heavy (non-hydrogen) atoms. The van der Waals surface area contributed by atoms with E-state index in [4.69, 9.17) is 9.47 Å². The molecule has 0 spiro atoms. The van der Waals surface area contributed by atoms with E-state index in [1.807, 2.05) is 0 Å². The maximum Gasteiger partial charge on any atom is 0.417 e. The molecule has 1 aliphatic rings. The van der Waals surface area contributed by atoms with E-state index in [2.05, 4.69) is 10.3 Å². The molecule has 1 fully saturated rings. The third-order valence-corrected chi connectivity index (χ3v) is 6.04. The predicted molar refractivity (Wildman–Crippen MR) is 111 cm³/mol. The number of hydrogen-bond acceptors (Lipinski definition) is 5. The Morgan fingerprint density at radius 2 is 1.91 bits per heavy atom. The first kappa shape index (κ1) is 24.7. The number of alkyl halides is 3. The highest BCUT2D eigenvalue weighted by atomic mass is 19.4. The van der Waals surface area contributed by atoms with Gasteiger partial charge in [0.05, 0.1) is 7.11 Å². The van der Waals surface area contributed by atoms with Crippen LogP contribution >= 0.6 is 0 Å². The van der Waals surface area contributed by atoms with E-state index < -0.39 is 53.0 Å². The second kappa shape index (κ2) is 8.77. The van der Waals surface area contributed by atoms with Gasteiger partial charge >= 0.3 is 6.18 Å². The fraction of sp³-hybridized carbons (Fsp3) is 0.455. The zero-order valence-corrected chi connectivity index (χ0v) is 18.6. The number of halogens is 5. The van der Waals surface area contributed by atoms with Gasteiger partial charge in [0.2, 0.25) is 5.82 Å². The van der Waals surface area contributed by atoms with Crippen LogP contribution in [0.25, 0.3) is 0 Å². The van der Waals surface area contributed by atoms with Crippen LogP contribution in [0.15, 0.2) is 30.5 Å². The summed E-state index contributed by atoms with van der Waals surface area (Å²) >= 11 is 0. The smallest absolute Gasteiger partial charge is 0.417 e. The van der Waals surface area contributed by atoms with Gasteiger partial charge in [0.25, 0.3) is 5.91 Å². The molecular formula is C22H24F5N3O3. The molecule has 2 heterocycles. The molecule has 3 rings (SSSR count). The Labute approximate surface area is 187 Å². The zero-order valence-electron chi connectivity index (χ0n) is 18.6. The highest BCUT2D eigenvalue weighted by molar-refractivity contribution is 5.95.